The fraction of sp³-hybridized carbons (Fsp3) is 0.316. The third-order valence-corrected chi connectivity index (χ3v) is 4.37. The first-order chi connectivity index (χ1) is 11.7. The Labute approximate surface area is 154 Å². The number of phenols is 1. The normalized spacial score (nSPS) is 14.7. The van der Waals surface area contributed by atoms with Crippen LogP contribution in [0.25, 0.3) is 0 Å². The molecule has 0 aliphatic carbocycles. The molecule has 1 heterocycles. The molecule has 134 valence electrons. The van der Waals surface area contributed by atoms with Crippen LogP contribution in [0.2, 0.25) is 0 Å². The number of rotatable bonds is 4. The highest BCUT2D eigenvalue weighted by molar-refractivity contribution is 5.92. The summed E-state index contributed by atoms with van der Waals surface area (Å²) in [7, 11) is 1.32. The highest BCUT2D eigenvalue weighted by Crippen LogP contribution is 2.21. The fourth-order valence-electron chi connectivity index (χ4n) is 3.02. The summed E-state index contributed by atoms with van der Waals surface area (Å²) in [4.78, 5) is 16.4. The Morgan fingerprint density at radius 3 is 2.40 bits per heavy atom. The first-order valence-electron chi connectivity index (χ1n) is 8.10. The predicted octanol–water partition coefficient (Wildman–Crippen LogP) is -0.495. The quantitative estimate of drug-likeness (QED) is 0.744. The van der Waals surface area contributed by atoms with E-state index in [0.29, 0.717) is 0 Å². The van der Waals surface area contributed by atoms with Crippen LogP contribution < -0.4 is 17.3 Å². The number of phenolic OH excluding ortho intramolecular Hbond substituents is 1. The third kappa shape index (κ3) is 4.65. The van der Waals surface area contributed by atoms with Crippen LogP contribution in [-0.4, -0.2) is 49.3 Å². The Hall–Kier alpha value is -2.24. The molecule has 6 heteroatoms. The highest BCUT2D eigenvalue weighted by atomic mass is 35.5. The predicted molar refractivity (Wildman–Crippen MR) is 93.4 cm³/mol. The number of para-hydroxylation sites is 1. The molecule has 1 fully saturated rings. The van der Waals surface area contributed by atoms with Crippen LogP contribution in [0.4, 0.5) is 5.69 Å². The number of aromatic hydroxyl groups is 1. The van der Waals surface area contributed by atoms with E-state index in [4.69, 9.17) is 4.74 Å². The van der Waals surface area contributed by atoms with Crippen molar-refractivity contribution in [2.24, 2.45) is 0 Å². The van der Waals surface area contributed by atoms with Gasteiger partial charge in [-0.1, -0.05) is 24.3 Å². The maximum Gasteiger partial charge on any atom is 0.341 e. The van der Waals surface area contributed by atoms with Gasteiger partial charge in [-0.25, -0.2) is 4.79 Å². The molecule has 2 aromatic rings. The van der Waals surface area contributed by atoms with Gasteiger partial charge in [0, 0.05) is 38.4 Å². The molecule has 0 unspecified atom stereocenters. The monoisotopic (exact) mass is 361 g/mol. The van der Waals surface area contributed by atoms with Crippen molar-refractivity contribution in [3.8, 4) is 5.75 Å². The SMILES string of the molecule is COC(=O)c1cc(CN2CCN(c3ccccc3)CC2)ccc1O.[Cl-]. The number of halogens is 1. The molecule has 1 aliphatic heterocycles. The van der Waals surface area contributed by atoms with Crippen molar-refractivity contribution in [1.82, 2.24) is 4.90 Å². The molecule has 5 nitrogen and oxygen atoms in total. The van der Waals surface area contributed by atoms with E-state index in [9.17, 15) is 9.90 Å². The van der Waals surface area contributed by atoms with Gasteiger partial charge < -0.3 is 27.2 Å². The molecule has 25 heavy (non-hydrogen) atoms. The first kappa shape index (κ1) is 19.1. The molecule has 0 aromatic heterocycles. The largest absolute Gasteiger partial charge is 1.00 e. The molecule has 0 bridgehead atoms. The first-order valence-corrected chi connectivity index (χ1v) is 8.10. The van der Waals surface area contributed by atoms with Crippen molar-refractivity contribution in [2.45, 2.75) is 6.54 Å². The number of hydrogen-bond donors (Lipinski definition) is 1. The Balaban J connectivity index is 0.00000225. The minimum absolute atomic E-state index is 0. The topological polar surface area (TPSA) is 53.0 Å². The lowest BCUT2D eigenvalue weighted by atomic mass is 10.1. The van der Waals surface area contributed by atoms with Crippen LogP contribution >= 0.6 is 0 Å². The van der Waals surface area contributed by atoms with E-state index in [1.54, 1.807) is 12.1 Å². The smallest absolute Gasteiger partial charge is 0.341 e. The zero-order chi connectivity index (χ0) is 16.9. The van der Waals surface area contributed by atoms with Crippen molar-refractivity contribution in [3.63, 3.8) is 0 Å². The number of piperazine rings is 1. The Bertz CT molecular complexity index is 701. The molecule has 0 atom stereocenters. The summed E-state index contributed by atoms with van der Waals surface area (Å²) in [6.07, 6.45) is 0. The minimum atomic E-state index is -0.511. The van der Waals surface area contributed by atoms with Crippen LogP contribution in [0, 0.1) is 0 Å². The molecule has 1 N–H and O–H groups in total. The summed E-state index contributed by atoms with van der Waals surface area (Å²) in [6, 6.07) is 15.6. The van der Waals surface area contributed by atoms with Crippen LogP contribution in [-0.2, 0) is 11.3 Å². The number of nitrogens with zero attached hydrogens (tertiary/aromatic N) is 2. The van der Waals surface area contributed by atoms with E-state index in [-0.39, 0.29) is 23.7 Å². The standard InChI is InChI=1S/C19H22N2O3.ClH/c1-24-19(23)17-13-15(7-8-18(17)22)14-20-9-11-21(12-10-20)16-5-3-2-4-6-16;/h2-8,13,22H,9-12,14H2,1H3;1H/p-1. The zero-order valence-electron chi connectivity index (χ0n) is 14.2. The van der Waals surface area contributed by atoms with Gasteiger partial charge in [-0.15, -0.1) is 0 Å². The second-order valence-electron chi connectivity index (χ2n) is 5.94. The van der Waals surface area contributed by atoms with Gasteiger partial charge in [0.1, 0.15) is 11.3 Å². The lowest BCUT2D eigenvalue weighted by Gasteiger charge is -2.36. The van der Waals surface area contributed by atoms with Gasteiger partial charge in [0.25, 0.3) is 0 Å². The molecule has 1 aliphatic rings. The Kier molecular flexibility index (Phi) is 6.67. The molecule has 3 rings (SSSR count). The molecule has 1 saturated heterocycles. The minimum Gasteiger partial charge on any atom is -1.00 e. The number of benzene rings is 2. The molecule has 0 spiro atoms. The molecular weight excluding hydrogens is 340 g/mol. The van der Waals surface area contributed by atoms with Crippen LogP contribution in [0.5, 0.6) is 5.75 Å². The second kappa shape index (κ2) is 8.74. The third-order valence-electron chi connectivity index (χ3n) is 4.37. The van der Waals surface area contributed by atoms with Gasteiger partial charge in [-0.2, -0.15) is 0 Å². The van der Waals surface area contributed by atoms with Crippen molar-refractivity contribution in [1.29, 1.82) is 0 Å². The van der Waals surface area contributed by atoms with Crippen molar-refractivity contribution < 1.29 is 27.0 Å². The van der Waals surface area contributed by atoms with E-state index >= 15 is 0 Å². The molecule has 0 radical (unpaired) electrons. The summed E-state index contributed by atoms with van der Waals surface area (Å²) in [5, 5.41) is 9.78. The van der Waals surface area contributed by atoms with E-state index in [1.165, 1.54) is 12.8 Å². The van der Waals surface area contributed by atoms with Crippen LogP contribution in [0.1, 0.15) is 15.9 Å². The zero-order valence-corrected chi connectivity index (χ0v) is 14.9. The molecule has 0 amide bonds. The van der Waals surface area contributed by atoms with Crippen molar-refractivity contribution >= 4 is 11.7 Å². The summed E-state index contributed by atoms with van der Waals surface area (Å²) in [5.41, 5.74) is 2.48. The Morgan fingerprint density at radius 2 is 1.76 bits per heavy atom. The van der Waals surface area contributed by atoms with Gasteiger partial charge in [0.2, 0.25) is 0 Å². The lowest BCUT2D eigenvalue weighted by molar-refractivity contribution is -0.0000212. The van der Waals surface area contributed by atoms with Gasteiger partial charge in [-0.05, 0) is 29.8 Å². The second-order valence-corrected chi connectivity index (χ2v) is 5.94. The van der Waals surface area contributed by atoms with Crippen LogP contribution in [0.15, 0.2) is 48.5 Å². The summed E-state index contributed by atoms with van der Waals surface area (Å²) >= 11 is 0. The number of carbonyl (C=O) groups excluding carboxylic acids is 1. The average molecular weight is 362 g/mol. The number of anilines is 1. The van der Waals surface area contributed by atoms with E-state index in [2.05, 4.69) is 34.1 Å². The number of hydrogen-bond acceptors (Lipinski definition) is 5. The van der Waals surface area contributed by atoms with Gasteiger partial charge in [-0.3, -0.25) is 4.90 Å². The van der Waals surface area contributed by atoms with E-state index in [0.717, 1.165) is 38.3 Å². The lowest BCUT2D eigenvalue weighted by Crippen LogP contribution is -3.00. The van der Waals surface area contributed by atoms with Crippen molar-refractivity contribution in [3.05, 3.63) is 59.7 Å². The molecule has 2 aromatic carbocycles. The number of methoxy groups -OCH3 is 1. The molecule has 0 saturated carbocycles. The fourth-order valence-corrected chi connectivity index (χ4v) is 3.02. The van der Waals surface area contributed by atoms with Crippen molar-refractivity contribution in [2.75, 3.05) is 38.2 Å². The van der Waals surface area contributed by atoms with Crippen LogP contribution in [0.3, 0.4) is 0 Å². The van der Waals surface area contributed by atoms with Gasteiger partial charge >= 0.3 is 5.97 Å². The van der Waals surface area contributed by atoms with Gasteiger partial charge in [0.05, 0.1) is 7.11 Å². The van der Waals surface area contributed by atoms with Gasteiger partial charge in [0.15, 0.2) is 0 Å². The average Bonchev–Trinajstić information content (AvgIpc) is 2.64. The molecular formula is C19H22ClN2O3-. The Morgan fingerprint density at radius 1 is 1.08 bits per heavy atom. The summed E-state index contributed by atoms with van der Waals surface area (Å²) < 4.78 is 4.71. The number of carbonyl (C=O) groups is 1. The van der Waals surface area contributed by atoms with E-state index < -0.39 is 5.97 Å². The highest BCUT2D eigenvalue weighted by Gasteiger charge is 2.18. The maximum atomic E-state index is 11.7. The summed E-state index contributed by atoms with van der Waals surface area (Å²) in [5.74, 6) is -0.553. The number of esters is 1. The maximum absolute atomic E-state index is 11.7. The number of ether oxygens (including phenoxy) is 1. The van der Waals surface area contributed by atoms with E-state index in [1.807, 2.05) is 12.1 Å². The summed E-state index contributed by atoms with van der Waals surface area (Å²) in [6.45, 7) is 4.64.